The third kappa shape index (κ3) is 7.32. The average Bonchev–Trinajstić information content (AvgIpc) is 3.61. The summed E-state index contributed by atoms with van der Waals surface area (Å²) in [6.45, 7) is -0.815. The van der Waals surface area contributed by atoms with Gasteiger partial charge in [0.15, 0.2) is 22.8 Å². The minimum Gasteiger partial charge on any atom is -0.369 e. The van der Waals surface area contributed by atoms with Crippen molar-refractivity contribution in [1.82, 2.24) is 29.5 Å². The molecule has 0 spiro atoms. The second kappa shape index (κ2) is 11.8. The van der Waals surface area contributed by atoms with Crippen molar-refractivity contribution in [2.75, 3.05) is 24.3 Å². The molecule has 21 heteroatoms. The Labute approximate surface area is 230 Å². The molecule has 1 unspecified atom stereocenters. The highest BCUT2D eigenvalue weighted by Gasteiger charge is 2.42. The first kappa shape index (κ1) is 29.6. The molecule has 0 amide bonds. The van der Waals surface area contributed by atoms with E-state index in [2.05, 4.69) is 34.8 Å². The number of phosphoric ester groups is 2. The van der Waals surface area contributed by atoms with E-state index < -0.39 is 64.0 Å². The molecular weight excluding hydrogens is 593 g/mol. The van der Waals surface area contributed by atoms with Crippen molar-refractivity contribution >= 4 is 38.6 Å². The van der Waals surface area contributed by atoms with Crippen molar-refractivity contribution in [3.63, 3.8) is 0 Å². The number of nitrogens with one attached hydrogen (secondary N) is 2. The summed E-state index contributed by atoms with van der Waals surface area (Å²) in [4.78, 5) is 58.5. The lowest BCUT2D eigenvalue weighted by atomic mass is 10.1. The SMILES string of the molecule is Nc1nc2c(ncn2[C@H]2CC[C@@H](COP(=O)(O)O[C@H]3C[C@H](Nc4ncncc4F)C[C@@H]3COP(=O)(O)O)O2)c(=O)[nH]1. The van der Waals surface area contributed by atoms with Crippen LogP contribution in [-0.2, 0) is 27.4 Å². The number of nitrogens with zero attached hydrogens (tertiary/aromatic N) is 5. The lowest BCUT2D eigenvalue weighted by Crippen LogP contribution is -2.23. The first-order valence-corrected chi connectivity index (χ1v) is 15.3. The Bertz CT molecular complexity index is 1550. The van der Waals surface area contributed by atoms with Gasteiger partial charge in [-0.2, -0.15) is 4.98 Å². The molecule has 3 aromatic heterocycles. The van der Waals surface area contributed by atoms with Crippen molar-refractivity contribution in [3.05, 3.63) is 35.0 Å². The number of H-pyrrole nitrogens is 1. The van der Waals surface area contributed by atoms with Crippen molar-refractivity contribution in [1.29, 1.82) is 0 Å². The van der Waals surface area contributed by atoms with Gasteiger partial charge in [-0.25, -0.2) is 28.5 Å². The summed E-state index contributed by atoms with van der Waals surface area (Å²) < 4.78 is 60.7. The predicted octanol–water partition coefficient (Wildman–Crippen LogP) is 0.811. The largest absolute Gasteiger partial charge is 0.472 e. The Morgan fingerprint density at radius 1 is 1.20 bits per heavy atom. The van der Waals surface area contributed by atoms with Crippen LogP contribution in [0.4, 0.5) is 16.2 Å². The number of nitrogen functional groups attached to an aromatic ring is 1. The molecule has 2 fully saturated rings. The Balaban J connectivity index is 1.19. The Kier molecular flexibility index (Phi) is 8.52. The smallest absolute Gasteiger partial charge is 0.369 e. The molecule has 18 nitrogen and oxygen atoms in total. The molecule has 0 bridgehead atoms. The van der Waals surface area contributed by atoms with Crippen LogP contribution in [0.1, 0.15) is 31.9 Å². The van der Waals surface area contributed by atoms with E-state index >= 15 is 0 Å². The lowest BCUT2D eigenvalue weighted by Gasteiger charge is -2.23. The minimum atomic E-state index is -4.84. The van der Waals surface area contributed by atoms with Crippen LogP contribution in [0.25, 0.3) is 11.2 Å². The van der Waals surface area contributed by atoms with Crippen LogP contribution >= 0.6 is 15.6 Å². The van der Waals surface area contributed by atoms with E-state index in [1.54, 1.807) is 0 Å². The number of ether oxygens (including phenoxy) is 1. The number of hydrogen-bond acceptors (Lipinski definition) is 13. The van der Waals surface area contributed by atoms with Gasteiger partial charge in [-0.1, -0.05) is 0 Å². The van der Waals surface area contributed by atoms with Gasteiger partial charge in [-0.15, -0.1) is 0 Å². The topological polar surface area (TPSA) is 259 Å². The van der Waals surface area contributed by atoms with Crippen LogP contribution < -0.4 is 16.6 Å². The number of aromatic nitrogens is 6. The van der Waals surface area contributed by atoms with Gasteiger partial charge in [0.25, 0.3) is 5.56 Å². The van der Waals surface area contributed by atoms with Crippen molar-refractivity contribution < 1.29 is 46.5 Å². The van der Waals surface area contributed by atoms with Crippen molar-refractivity contribution in [3.8, 4) is 0 Å². The van der Waals surface area contributed by atoms with Gasteiger partial charge in [0.1, 0.15) is 12.6 Å². The third-order valence-electron chi connectivity index (χ3n) is 6.63. The maximum atomic E-state index is 14.0. The number of phosphoric acid groups is 2. The molecule has 1 saturated heterocycles. The molecule has 5 rings (SSSR count). The molecular formula is C20H27FN8O10P2. The number of rotatable bonds is 11. The van der Waals surface area contributed by atoms with E-state index in [9.17, 15) is 23.2 Å². The summed E-state index contributed by atoms with van der Waals surface area (Å²) in [5, 5.41) is 2.84. The van der Waals surface area contributed by atoms with E-state index in [4.69, 9.17) is 29.3 Å². The fraction of sp³-hybridized carbons (Fsp3) is 0.550. The summed E-state index contributed by atoms with van der Waals surface area (Å²) in [6.07, 6.45) is 2.34. The first-order valence-electron chi connectivity index (χ1n) is 12.3. The number of aromatic amines is 1. The molecule has 2 aliphatic rings. The second-order valence-corrected chi connectivity index (χ2v) is 12.2. The number of anilines is 2. The fourth-order valence-corrected chi connectivity index (χ4v) is 6.26. The van der Waals surface area contributed by atoms with Crippen LogP contribution in [0.5, 0.6) is 0 Å². The van der Waals surface area contributed by atoms with Crippen LogP contribution in [0, 0.1) is 11.7 Å². The average molecular weight is 620 g/mol. The quantitative estimate of drug-likeness (QED) is 0.162. The van der Waals surface area contributed by atoms with Gasteiger partial charge in [0.2, 0.25) is 5.95 Å². The molecule has 7 N–H and O–H groups in total. The molecule has 6 atom stereocenters. The van der Waals surface area contributed by atoms with Gasteiger partial charge >= 0.3 is 15.6 Å². The number of fused-ring (bicyclic) bond motifs is 1. The van der Waals surface area contributed by atoms with E-state index in [0.29, 0.717) is 12.8 Å². The van der Waals surface area contributed by atoms with Crippen LogP contribution in [0.15, 0.2) is 23.6 Å². The number of hydrogen-bond donors (Lipinski definition) is 6. The highest BCUT2D eigenvalue weighted by molar-refractivity contribution is 7.47. The Morgan fingerprint density at radius 3 is 2.76 bits per heavy atom. The van der Waals surface area contributed by atoms with Gasteiger partial charge in [0.05, 0.1) is 37.9 Å². The molecule has 41 heavy (non-hydrogen) atoms. The molecule has 1 aliphatic heterocycles. The predicted molar refractivity (Wildman–Crippen MR) is 136 cm³/mol. The molecule has 3 aromatic rings. The maximum absolute atomic E-state index is 14.0. The highest BCUT2D eigenvalue weighted by Crippen LogP contribution is 2.50. The zero-order valence-electron chi connectivity index (χ0n) is 21.1. The van der Waals surface area contributed by atoms with E-state index in [1.165, 1.54) is 10.9 Å². The summed E-state index contributed by atoms with van der Waals surface area (Å²) in [6, 6.07) is -0.534. The Morgan fingerprint density at radius 2 is 2.00 bits per heavy atom. The van der Waals surface area contributed by atoms with Gasteiger partial charge in [0, 0.05) is 12.0 Å². The third-order valence-corrected chi connectivity index (χ3v) is 8.13. The molecule has 224 valence electrons. The minimum absolute atomic E-state index is 0.0531. The zero-order valence-corrected chi connectivity index (χ0v) is 22.9. The maximum Gasteiger partial charge on any atom is 0.472 e. The molecule has 0 radical (unpaired) electrons. The zero-order chi connectivity index (χ0) is 29.4. The summed E-state index contributed by atoms with van der Waals surface area (Å²) >= 11 is 0. The standard InChI is InChI=1S/C20H27FN8O10P2/c21-13-5-23-8-24-17(13)26-11-3-10(6-36-40(31,32)33)14(4-11)39-41(34,35)37-7-12-1-2-15(38-12)29-9-25-16-18(29)27-20(22)28-19(16)30/h5,8-12,14-15H,1-4,6-7H2,(H,34,35)(H,23,24,26)(H2,31,32,33)(H3,22,27,28,30)/t10-,11-,12+,14+,15-/m1/s1. The first-order chi connectivity index (χ1) is 19.4. The molecule has 1 aliphatic carbocycles. The van der Waals surface area contributed by atoms with E-state index in [0.717, 1.165) is 12.5 Å². The van der Waals surface area contributed by atoms with E-state index in [1.807, 2.05) is 0 Å². The van der Waals surface area contributed by atoms with Gasteiger partial charge in [-0.05, 0) is 25.7 Å². The van der Waals surface area contributed by atoms with Gasteiger partial charge < -0.3 is 30.5 Å². The summed E-state index contributed by atoms with van der Waals surface area (Å²) in [5.41, 5.74) is 5.44. The van der Waals surface area contributed by atoms with Crippen molar-refractivity contribution in [2.45, 2.75) is 50.2 Å². The van der Waals surface area contributed by atoms with Crippen LogP contribution in [0.2, 0.25) is 0 Å². The monoisotopic (exact) mass is 620 g/mol. The number of nitrogens with two attached hydrogens (primary N) is 1. The Hall–Kier alpha value is -2.86. The molecule has 0 aromatic carbocycles. The number of halogens is 1. The molecule has 1 saturated carbocycles. The van der Waals surface area contributed by atoms with Gasteiger partial charge in [-0.3, -0.25) is 27.9 Å². The highest BCUT2D eigenvalue weighted by atomic mass is 31.2. The van der Waals surface area contributed by atoms with Crippen molar-refractivity contribution in [2.24, 2.45) is 5.92 Å². The summed E-state index contributed by atoms with van der Waals surface area (Å²) in [7, 11) is -9.53. The van der Waals surface area contributed by atoms with Crippen LogP contribution in [0.3, 0.4) is 0 Å². The lowest BCUT2D eigenvalue weighted by molar-refractivity contribution is -0.0261. The van der Waals surface area contributed by atoms with E-state index in [-0.39, 0.29) is 42.4 Å². The normalized spacial score (nSPS) is 26.4. The number of imidazole rings is 1. The summed E-state index contributed by atoms with van der Waals surface area (Å²) in [5.74, 6) is -1.67. The molecule has 4 heterocycles. The fourth-order valence-electron chi connectivity index (χ4n) is 4.86. The second-order valence-electron chi connectivity index (χ2n) is 9.55. The van der Waals surface area contributed by atoms with Crippen LogP contribution in [-0.4, -0.2) is 75.6 Å².